The van der Waals surface area contributed by atoms with Crippen molar-refractivity contribution in [3.05, 3.63) is 58.6 Å². The number of hydrogen-bond donors (Lipinski definition) is 2. The summed E-state index contributed by atoms with van der Waals surface area (Å²) in [4.78, 5) is 28.0. The number of benzene rings is 2. The Morgan fingerprint density at radius 2 is 1.92 bits per heavy atom. The van der Waals surface area contributed by atoms with E-state index in [4.69, 9.17) is 0 Å². The van der Waals surface area contributed by atoms with Gasteiger partial charge in [0.2, 0.25) is 5.91 Å². The van der Waals surface area contributed by atoms with Crippen molar-refractivity contribution in [1.29, 1.82) is 0 Å². The Morgan fingerprint density at radius 3 is 2.65 bits per heavy atom. The third kappa shape index (κ3) is 4.31. The fraction of sp³-hybridized carbons (Fsp3) is 0.300. The number of hydrogen-bond acceptors (Lipinski definition) is 2. The molecule has 6 heteroatoms. The summed E-state index contributed by atoms with van der Waals surface area (Å²) in [5.41, 5.74) is 2.65. The Morgan fingerprint density at radius 1 is 1.23 bits per heavy atom. The van der Waals surface area contributed by atoms with E-state index in [1.807, 2.05) is 50.4 Å². The van der Waals surface area contributed by atoms with Crippen molar-refractivity contribution in [2.75, 3.05) is 23.8 Å². The molecule has 0 saturated carbocycles. The van der Waals surface area contributed by atoms with Crippen LogP contribution >= 0.6 is 15.9 Å². The topological polar surface area (TPSA) is 53.9 Å². The maximum Gasteiger partial charge on any atom is 0.282 e. The largest absolute Gasteiger partial charge is 0.326 e. The quantitative estimate of drug-likeness (QED) is 0.802. The second kappa shape index (κ2) is 8.01. The van der Waals surface area contributed by atoms with Crippen LogP contribution in [0.4, 0.5) is 11.4 Å². The molecule has 2 N–H and O–H groups in total. The lowest BCUT2D eigenvalue weighted by atomic mass is 10.1. The predicted molar refractivity (Wildman–Crippen MR) is 106 cm³/mol. The summed E-state index contributed by atoms with van der Waals surface area (Å²) in [5, 5.41) is 2.89. The molecule has 0 fully saturated rings. The minimum atomic E-state index is -0.174. The van der Waals surface area contributed by atoms with Crippen molar-refractivity contribution in [2.24, 2.45) is 0 Å². The maximum absolute atomic E-state index is 13.0. The highest BCUT2D eigenvalue weighted by atomic mass is 79.9. The number of nitrogens with zero attached hydrogens (tertiary/aromatic N) is 1. The zero-order chi connectivity index (χ0) is 18.7. The number of likely N-dealkylation sites (N-methyl/N-ethyl adjacent to an activating group) is 1. The van der Waals surface area contributed by atoms with Gasteiger partial charge in [-0.25, -0.2) is 0 Å². The van der Waals surface area contributed by atoms with Gasteiger partial charge < -0.3 is 15.1 Å². The normalized spacial score (nSPS) is 17.9. The standard InChI is InChI=1S/C20H22BrN3O2/c1-14-11-19(25)22-17-5-3-4-6-18(17)24(14)20(26)13-23(2)12-15-7-9-16(21)10-8-15/h3-10,14H,11-13H2,1-2H3,(H,22,25)/p+1/t14-/m0/s1. The fourth-order valence-electron chi connectivity index (χ4n) is 3.32. The lowest BCUT2D eigenvalue weighted by Crippen LogP contribution is -3.09. The van der Waals surface area contributed by atoms with Gasteiger partial charge in [0.1, 0.15) is 6.54 Å². The lowest BCUT2D eigenvalue weighted by molar-refractivity contribution is -0.885. The van der Waals surface area contributed by atoms with E-state index in [9.17, 15) is 9.59 Å². The third-order valence-electron chi connectivity index (χ3n) is 4.50. The number of halogens is 1. The Labute approximate surface area is 162 Å². The molecule has 0 aliphatic carbocycles. The molecule has 1 heterocycles. The van der Waals surface area contributed by atoms with E-state index in [1.165, 1.54) is 5.56 Å². The smallest absolute Gasteiger partial charge is 0.282 e. The Hall–Kier alpha value is -2.18. The van der Waals surface area contributed by atoms with Crippen LogP contribution in [0.1, 0.15) is 18.9 Å². The van der Waals surface area contributed by atoms with Gasteiger partial charge in [0.05, 0.1) is 18.4 Å². The Kier molecular flexibility index (Phi) is 5.74. The molecule has 2 atom stereocenters. The van der Waals surface area contributed by atoms with E-state index < -0.39 is 0 Å². The summed E-state index contributed by atoms with van der Waals surface area (Å²) in [6.07, 6.45) is 0.298. The third-order valence-corrected chi connectivity index (χ3v) is 5.03. The molecule has 1 aliphatic heterocycles. The molecule has 2 amide bonds. The second-order valence-corrected chi connectivity index (χ2v) is 7.74. The summed E-state index contributed by atoms with van der Waals surface area (Å²) in [6.45, 7) is 3.05. The second-order valence-electron chi connectivity index (χ2n) is 6.82. The van der Waals surface area contributed by atoms with Gasteiger partial charge in [-0.15, -0.1) is 0 Å². The Bertz CT molecular complexity index is 807. The summed E-state index contributed by atoms with van der Waals surface area (Å²) >= 11 is 3.44. The number of carbonyl (C=O) groups is 2. The van der Waals surface area contributed by atoms with Gasteiger partial charge in [0, 0.05) is 22.5 Å². The molecule has 1 unspecified atom stereocenters. The van der Waals surface area contributed by atoms with Gasteiger partial charge >= 0.3 is 0 Å². The molecule has 1 aliphatic rings. The van der Waals surface area contributed by atoms with Gasteiger partial charge in [-0.2, -0.15) is 0 Å². The van der Waals surface area contributed by atoms with Crippen molar-refractivity contribution in [1.82, 2.24) is 0 Å². The number of fused-ring (bicyclic) bond motifs is 1. The van der Waals surface area contributed by atoms with E-state index in [0.29, 0.717) is 18.7 Å². The molecule has 0 bridgehead atoms. The average Bonchev–Trinajstić information content (AvgIpc) is 2.71. The van der Waals surface area contributed by atoms with Crippen LogP contribution in [0.25, 0.3) is 0 Å². The van der Waals surface area contributed by atoms with Gasteiger partial charge in [-0.1, -0.05) is 40.2 Å². The number of nitrogens with one attached hydrogen (secondary N) is 2. The molecule has 2 aromatic rings. The molecular formula is C20H23BrN3O2+. The number of anilines is 2. The number of amides is 2. The number of carbonyl (C=O) groups excluding carboxylic acids is 2. The van der Waals surface area contributed by atoms with E-state index in [-0.39, 0.29) is 17.9 Å². The van der Waals surface area contributed by atoms with Crippen molar-refractivity contribution in [3.8, 4) is 0 Å². The van der Waals surface area contributed by atoms with Crippen LogP contribution in [0, 0.1) is 0 Å². The van der Waals surface area contributed by atoms with Gasteiger partial charge in [-0.05, 0) is 31.2 Å². The first-order valence-corrected chi connectivity index (χ1v) is 9.50. The number of quaternary nitrogens is 1. The lowest BCUT2D eigenvalue weighted by Gasteiger charge is -2.28. The van der Waals surface area contributed by atoms with Crippen molar-refractivity contribution >= 4 is 39.1 Å². The molecule has 0 aromatic heterocycles. The summed E-state index contributed by atoms with van der Waals surface area (Å²) in [6, 6.07) is 15.4. The summed E-state index contributed by atoms with van der Waals surface area (Å²) in [7, 11) is 2.01. The highest BCUT2D eigenvalue weighted by Crippen LogP contribution is 2.31. The van der Waals surface area contributed by atoms with Crippen molar-refractivity contribution in [2.45, 2.75) is 25.9 Å². The minimum absolute atomic E-state index is 0.0241. The highest BCUT2D eigenvalue weighted by molar-refractivity contribution is 9.10. The molecule has 26 heavy (non-hydrogen) atoms. The zero-order valence-corrected chi connectivity index (χ0v) is 16.5. The first-order chi connectivity index (χ1) is 12.4. The van der Waals surface area contributed by atoms with Crippen LogP contribution in [0.3, 0.4) is 0 Å². The predicted octanol–water partition coefficient (Wildman–Crippen LogP) is 2.23. The van der Waals surface area contributed by atoms with Crippen LogP contribution in [-0.2, 0) is 16.1 Å². The van der Waals surface area contributed by atoms with Gasteiger partial charge in [0.15, 0.2) is 6.54 Å². The van der Waals surface area contributed by atoms with E-state index >= 15 is 0 Å². The Balaban J connectivity index is 1.75. The monoisotopic (exact) mass is 416 g/mol. The molecule has 2 aromatic carbocycles. The first kappa shape index (κ1) is 18.6. The zero-order valence-electron chi connectivity index (χ0n) is 15.0. The minimum Gasteiger partial charge on any atom is -0.326 e. The van der Waals surface area contributed by atoms with Crippen LogP contribution in [0.5, 0.6) is 0 Å². The van der Waals surface area contributed by atoms with Gasteiger partial charge in [0.25, 0.3) is 5.91 Å². The number of para-hydroxylation sites is 2. The molecule has 5 nitrogen and oxygen atoms in total. The SMILES string of the molecule is C[C@H]1CC(=O)Nc2ccccc2N1C(=O)C[NH+](C)Cc1ccc(Br)cc1. The molecule has 3 rings (SSSR count). The molecular weight excluding hydrogens is 394 g/mol. The molecule has 0 saturated heterocycles. The summed E-state index contributed by atoms with van der Waals surface area (Å²) < 4.78 is 1.04. The van der Waals surface area contributed by atoms with E-state index in [1.54, 1.807) is 4.90 Å². The first-order valence-electron chi connectivity index (χ1n) is 8.70. The average molecular weight is 417 g/mol. The molecule has 0 spiro atoms. The van der Waals surface area contributed by atoms with Crippen molar-refractivity contribution < 1.29 is 14.5 Å². The molecule has 136 valence electrons. The fourth-order valence-corrected chi connectivity index (χ4v) is 3.59. The summed E-state index contributed by atoms with van der Waals surface area (Å²) in [5.74, 6) is -0.0353. The van der Waals surface area contributed by atoms with Gasteiger partial charge in [-0.3, -0.25) is 9.59 Å². The van der Waals surface area contributed by atoms with Crippen LogP contribution in [0.15, 0.2) is 53.0 Å². The van der Waals surface area contributed by atoms with Crippen LogP contribution in [0.2, 0.25) is 0 Å². The highest BCUT2D eigenvalue weighted by Gasteiger charge is 2.30. The molecule has 0 radical (unpaired) electrons. The number of rotatable bonds is 4. The van der Waals surface area contributed by atoms with Crippen molar-refractivity contribution in [3.63, 3.8) is 0 Å². The van der Waals surface area contributed by atoms with E-state index in [2.05, 4.69) is 33.4 Å². The van der Waals surface area contributed by atoms with Crippen LogP contribution < -0.4 is 15.1 Å². The maximum atomic E-state index is 13.0. The van der Waals surface area contributed by atoms with Crippen LogP contribution in [-0.4, -0.2) is 31.4 Å². The van der Waals surface area contributed by atoms with E-state index in [0.717, 1.165) is 21.6 Å².